The van der Waals surface area contributed by atoms with Crippen molar-refractivity contribution in [1.82, 2.24) is 13.9 Å². The van der Waals surface area contributed by atoms with Crippen LogP contribution in [-0.2, 0) is 35.3 Å². The second-order valence-electron chi connectivity index (χ2n) is 9.07. The minimum atomic E-state index is -4.25. The Kier molecular flexibility index (Phi) is 6.30. The van der Waals surface area contributed by atoms with Crippen LogP contribution in [0.4, 0.5) is 5.69 Å². The van der Waals surface area contributed by atoms with Crippen molar-refractivity contribution < 1.29 is 13.2 Å². The van der Waals surface area contributed by atoms with Gasteiger partial charge in [-0.3, -0.25) is 18.7 Å². The Morgan fingerprint density at radius 2 is 1.62 bits per heavy atom. The highest BCUT2D eigenvalue weighted by atomic mass is 32.2. The number of rotatable bonds is 5. The number of fused-ring (bicyclic) bond motifs is 2. The second-order valence-corrected chi connectivity index (χ2v) is 10.8. The maximum atomic E-state index is 13.9. The number of para-hydroxylation sites is 1. The van der Waals surface area contributed by atoms with Crippen molar-refractivity contribution >= 4 is 32.5 Å². The summed E-state index contributed by atoms with van der Waals surface area (Å²) in [6.45, 7) is 0.473. The molecule has 5 rings (SSSR count). The third kappa shape index (κ3) is 4.38. The van der Waals surface area contributed by atoms with Crippen molar-refractivity contribution in [3.63, 3.8) is 0 Å². The summed E-state index contributed by atoms with van der Waals surface area (Å²) in [6, 6.07) is 19.1. The molecule has 1 aliphatic heterocycles. The van der Waals surface area contributed by atoms with Gasteiger partial charge >= 0.3 is 5.69 Å². The summed E-state index contributed by atoms with van der Waals surface area (Å²) in [7, 11) is -1.40. The lowest BCUT2D eigenvalue weighted by Crippen LogP contribution is -2.45. The summed E-state index contributed by atoms with van der Waals surface area (Å²) >= 11 is 0. The maximum absolute atomic E-state index is 13.9. The van der Waals surface area contributed by atoms with Crippen LogP contribution in [0.15, 0.2) is 87.3 Å². The molecule has 1 aromatic heterocycles. The van der Waals surface area contributed by atoms with E-state index in [1.807, 2.05) is 24.3 Å². The van der Waals surface area contributed by atoms with E-state index in [1.54, 1.807) is 35.2 Å². The van der Waals surface area contributed by atoms with Crippen LogP contribution in [0.3, 0.4) is 0 Å². The summed E-state index contributed by atoms with van der Waals surface area (Å²) in [5.74, 6) is -0.388. The van der Waals surface area contributed by atoms with Gasteiger partial charge in [0.2, 0.25) is 15.9 Å². The molecule has 1 unspecified atom stereocenters. The zero-order valence-corrected chi connectivity index (χ0v) is 21.2. The molecule has 0 fully saturated rings. The summed E-state index contributed by atoms with van der Waals surface area (Å²) < 4.78 is 32.0. The first-order valence-electron chi connectivity index (χ1n) is 11.9. The van der Waals surface area contributed by atoms with Crippen molar-refractivity contribution in [3.05, 3.63) is 105 Å². The Morgan fingerprint density at radius 1 is 0.919 bits per heavy atom. The van der Waals surface area contributed by atoms with Gasteiger partial charge < -0.3 is 4.90 Å². The molecular weight excluding hydrogens is 492 g/mol. The average Bonchev–Trinajstić information content (AvgIpc) is 2.93. The highest BCUT2D eigenvalue weighted by molar-refractivity contribution is 7.89. The minimum absolute atomic E-state index is 0.0834. The molecule has 0 radical (unpaired) electrons. The smallest absolute Gasteiger partial charge is 0.310 e. The fourth-order valence-electron chi connectivity index (χ4n) is 4.79. The Hall–Kier alpha value is -4.02. The number of aromatic nitrogens is 2. The van der Waals surface area contributed by atoms with E-state index in [0.29, 0.717) is 17.6 Å². The molecule has 3 aromatic carbocycles. The predicted molar refractivity (Wildman–Crippen MR) is 141 cm³/mol. The molecule has 9 nitrogen and oxygen atoms in total. The Morgan fingerprint density at radius 3 is 2.38 bits per heavy atom. The van der Waals surface area contributed by atoms with Gasteiger partial charge in [-0.25, -0.2) is 13.2 Å². The van der Waals surface area contributed by atoms with E-state index >= 15 is 0 Å². The van der Waals surface area contributed by atoms with E-state index in [0.717, 1.165) is 28.7 Å². The van der Waals surface area contributed by atoms with E-state index < -0.39 is 27.3 Å². The minimum Gasteiger partial charge on any atom is -0.310 e. The second kappa shape index (κ2) is 9.45. The van der Waals surface area contributed by atoms with Crippen LogP contribution in [0.25, 0.3) is 10.9 Å². The zero-order chi connectivity index (χ0) is 26.3. The number of anilines is 1. The molecule has 1 aliphatic rings. The predicted octanol–water partition coefficient (Wildman–Crippen LogP) is 2.24. The third-order valence-electron chi connectivity index (χ3n) is 6.78. The monoisotopic (exact) mass is 518 g/mol. The largest absolute Gasteiger partial charge is 0.330 e. The van der Waals surface area contributed by atoms with Crippen LogP contribution in [-0.4, -0.2) is 30.0 Å². The first-order chi connectivity index (χ1) is 17.7. The number of aryl methyl sites for hydroxylation is 2. The fourth-order valence-corrected chi connectivity index (χ4v) is 5.99. The topological polar surface area (TPSA) is 110 Å². The lowest BCUT2D eigenvalue weighted by atomic mass is 9.99. The SMILES string of the molecule is Cn1c(=O)c2cc(S(=O)(=O)NC(C(=O)N3CCCc4ccccc43)c3ccccc3)ccc2n(C)c1=O. The summed E-state index contributed by atoms with van der Waals surface area (Å²) in [6.07, 6.45) is 1.61. The van der Waals surface area contributed by atoms with Gasteiger partial charge in [0.25, 0.3) is 5.56 Å². The highest BCUT2D eigenvalue weighted by Crippen LogP contribution is 2.30. The number of hydrogen-bond acceptors (Lipinski definition) is 5. The van der Waals surface area contributed by atoms with E-state index in [9.17, 15) is 22.8 Å². The summed E-state index contributed by atoms with van der Waals surface area (Å²) in [5, 5.41) is 0.0834. The van der Waals surface area contributed by atoms with Crippen molar-refractivity contribution in [2.45, 2.75) is 23.8 Å². The first kappa shape index (κ1) is 24.7. The summed E-state index contributed by atoms with van der Waals surface area (Å²) in [5.41, 5.74) is 1.51. The maximum Gasteiger partial charge on any atom is 0.330 e. The van der Waals surface area contributed by atoms with Gasteiger partial charge in [0.15, 0.2) is 0 Å². The van der Waals surface area contributed by atoms with Crippen molar-refractivity contribution in [2.24, 2.45) is 14.1 Å². The fraction of sp³-hybridized carbons (Fsp3) is 0.222. The van der Waals surface area contributed by atoms with Crippen LogP contribution in [0.5, 0.6) is 0 Å². The summed E-state index contributed by atoms with van der Waals surface area (Å²) in [4.78, 5) is 40.3. The zero-order valence-electron chi connectivity index (χ0n) is 20.4. The first-order valence-corrected chi connectivity index (χ1v) is 13.3. The lowest BCUT2D eigenvalue weighted by Gasteiger charge is -2.32. The molecule has 0 aliphatic carbocycles. The van der Waals surface area contributed by atoms with E-state index in [4.69, 9.17) is 0 Å². The number of nitrogens with one attached hydrogen (secondary N) is 1. The van der Waals surface area contributed by atoms with Crippen LogP contribution in [0, 0.1) is 0 Å². The molecule has 1 amide bonds. The normalized spacial score (nSPS) is 14.4. The lowest BCUT2D eigenvalue weighted by molar-refractivity contribution is -0.120. The number of carbonyl (C=O) groups is 1. The van der Waals surface area contributed by atoms with Gasteiger partial charge in [-0.1, -0.05) is 48.5 Å². The van der Waals surface area contributed by atoms with E-state index in [1.165, 1.54) is 36.9 Å². The third-order valence-corrected chi connectivity index (χ3v) is 8.20. The molecule has 37 heavy (non-hydrogen) atoms. The molecular formula is C27H26N4O5S. The van der Waals surface area contributed by atoms with Crippen LogP contribution in [0.1, 0.15) is 23.6 Å². The van der Waals surface area contributed by atoms with Crippen molar-refractivity contribution in [3.8, 4) is 0 Å². The van der Waals surface area contributed by atoms with Gasteiger partial charge in [0, 0.05) is 26.3 Å². The number of benzene rings is 3. The highest BCUT2D eigenvalue weighted by Gasteiger charge is 2.33. The van der Waals surface area contributed by atoms with Crippen LogP contribution in [0.2, 0.25) is 0 Å². The Bertz CT molecular complexity index is 1740. The quantitative estimate of drug-likeness (QED) is 0.436. The molecule has 2 heterocycles. The Balaban J connectivity index is 1.57. The molecule has 1 N–H and O–H groups in total. The molecule has 10 heteroatoms. The molecule has 190 valence electrons. The van der Waals surface area contributed by atoms with Gasteiger partial charge in [-0.05, 0) is 48.2 Å². The van der Waals surface area contributed by atoms with Gasteiger partial charge in [0.05, 0.1) is 15.8 Å². The van der Waals surface area contributed by atoms with Crippen LogP contribution < -0.4 is 20.9 Å². The molecule has 0 saturated carbocycles. The number of sulfonamides is 1. The number of nitrogens with zero attached hydrogens (tertiary/aromatic N) is 3. The Labute approximate surface area is 213 Å². The van der Waals surface area contributed by atoms with Gasteiger partial charge in [-0.2, -0.15) is 4.72 Å². The molecule has 4 aromatic rings. The molecule has 0 bridgehead atoms. The molecule has 0 spiro atoms. The van der Waals surface area contributed by atoms with E-state index in [-0.39, 0.29) is 16.2 Å². The van der Waals surface area contributed by atoms with Gasteiger partial charge in [0.1, 0.15) is 6.04 Å². The number of carbonyl (C=O) groups excluding carboxylic acids is 1. The average molecular weight is 519 g/mol. The number of amides is 1. The van der Waals surface area contributed by atoms with Gasteiger partial charge in [-0.15, -0.1) is 0 Å². The molecule has 1 atom stereocenters. The standard InChI is InChI=1S/C27H26N4O5S/c1-29-23-15-14-20(17-21(23)25(32)30(2)27(29)34)37(35,36)28-24(19-10-4-3-5-11-19)26(33)31-16-8-12-18-9-6-7-13-22(18)31/h3-7,9-11,13-15,17,24,28H,8,12,16H2,1-2H3. The number of hydrogen-bond donors (Lipinski definition) is 1. The van der Waals surface area contributed by atoms with Crippen molar-refractivity contribution in [2.75, 3.05) is 11.4 Å². The van der Waals surface area contributed by atoms with Crippen molar-refractivity contribution in [1.29, 1.82) is 0 Å². The van der Waals surface area contributed by atoms with E-state index in [2.05, 4.69) is 4.72 Å². The molecule has 0 saturated heterocycles. The van der Waals surface area contributed by atoms with Crippen LogP contribution >= 0.6 is 0 Å².